The van der Waals surface area contributed by atoms with Crippen LogP contribution in [0.3, 0.4) is 0 Å². The molecule has 0 radical (unpaired) electrons. The number of alkyl halides is 3. The van der Waals surface area contributed by atoms with Crippen molar-refractivity contribution in [3.05, 3.63) is 53.5 Å². The number of aromatic nitrogens is 4. The van der Waals surface area contributed by atoms with E-state index in [0.29, 0.717) is 0 Å². The van der Waals surface area contributed by atoms with Gasteiger partial charge in [-0.15, -0.1) is 0 Å². The highest BCUT2D eigenvalue weighted by Gasteiger charge is 2.38. The zero-order valence-corrected chi connectivity index (χ0v) is 17.4. The number of hydrogen-bond donors (Lipinski definition) is 2. The summed E-state index contributed by atoms with van der Waals surface area (Å²) >= 11 is 0. The van der Waals surface area contributed by atoms with E-state index in [1.165, 1.54) is 34.1 Å². The maximum atomic E-state index is 13.3. The van der Waals surface area contributed by atoms with Crippen LogP contribution >= 0.6 is 0 Å². The number of carbonyl (C=O) groups is 2. The Balaban J connectivity index is 1.66. The second kappa shape index (κ2) is 8.07. The minimum atomic E-state index is -4.66. The predicted octanol–water partition coefficient (Wildman–Crippen LogP) is 2.76. The van der Waals surface area contributed by atoms with Gasteiger partial charge in [0.25, 0.3) is 11.8 Å². The quantitative estimate of drug-likeness (QED) is 0.611. The Hall–Kier alpha value is -4.16. The molecule has 1 atom stereocenters. The molecule has 172 valence electrons. The highest BCUT2D eigenvalue weighted by molar-refractivity contribution is 6.12. The van der Waals surface area contributed by atoms with Gasteiger partial charge in [-0.3, -0.25) is 19.2 Å². The van der Waals surface area contributed by atoms with Crippen molar-refractivity contribution in [3.63, 3.8) is 0 Å². The maximum Gasteiger partial charge on any atom is 0.421 e. The van der Waals surface area contributed by atoms with Crippen molar-refractivity contribution in [2.45, 2.75) is 19.1 Å². The van der Waals surface area contributed by atoms with Crippen LogP contribution in [0.5, 0.6) is 5.88 Å². The van der Waals surface area contributed by atoms with Crippen molar-refractivity contribution in [2.24, 2.45) is 0 Å². The van der Waals surface area contributed by atoms with E-state index in [9.17, 15) is 22.8 Å². The van der Waals surface area contributed by atoms with Gasteiger partial charge in [0, 0.05) is 12.7 Å². The zero-order valence-electron chi connectivity index (χ0n) is 17.4. The molecule has 3 N–H and O–H groups in total. The first-order chi connectivity index (χ1) is 15.6. The summed E-state index contributed by atoms with van der Waals surface area (Å²) in [5.74, 6) is -1.56. The molecule has 0 aromatic carbocycles. The van der Waals surface area contributed by atoms with Crippen LogP contribution < -0.4 is 20.7 Å². The smallest absolute Gasteiger partial charge is 0.421 e. The Morgan fingerprint density at radius 3 is 2.64 bits per heavy atom. The number of pyridine rings is 2. The van der Waals surface area contributed by atoms with Gasteiger partial charge >= 0.3 is 6.18 Å². The van der Waals surface area contributed by atoms with Gasteiger partial charge in [0.2, 0.25) is 5.88 Å². The number of rotatable bonds is 4. The molecule has 2 amide bonds. The van der Waals surface area contributed by atoms with Crippen LogP contribution in [0.4, 0.5) is 30.5 Å². The summed E-state index contributed by atoms with van der Waals surface area (Å²) in [6.45, 7) is 1.87. The van der Waals surface area contributed by atoms with Crippen LogP contribution in [0.2, 0.25) is 0 Å². The number of nitrogens with two attached hydrogens (primary N) is 1. The molecule has 33 heavy (non-hydrogen) atoms. The Kier molecular flexibility index (Phi) is 5.39. The molecule has 4 heterocycles. The number of hydrogen-bond acceptors (Lipinski definition) is 7. The molecular formula is C20H18F3N7O3. The SMILES string of the molecule is COc1nc(N2CC(C)n3ncc(NC(=O)c4ccc(N)nc4)c3C2=O)ccc1C(F)(F)F. The van der Waals surface area contributed by atoms with Crippen LogP contribution in [0.25, 0.3) is 0 Å². The van der Waals surface area contributed by atoms with Crippen molar-refractivity contribution in [1.82, 2.24) is 19.7 Å². The Labute approximate surface area is 185 Å². The molecule has 0 saturated carbocycles. The molecule has 4 rings (SSSR count). The first-order valence-corrected chi connectivity index (χ1v) is 9.64. The average molecular weight is 461 g/mol. The minimum Gasteiger partial charge on any atom is -0.481 e. The zero-order chi connectivity index (χ0) is 23.9. The van der Waals surface area contributed by atoms with Gasteiger partial charge in [-0.25, -0.2) is 4.98 Å². The molecule has 1 unspecified atom stereocenters. The second-order valence-electron chi connectivity index (χ2n) is 7.27. The Morgan fingerprint density at radius 1 is 1.24 bits per heavy atom. The molecule has 10 nitrogen and oxygen atoms in total. The van der Waals surface area contributed by atoms with Gasteiger partial charge < -0.3 is 15.8 Å². The molecule has 1 aliphatic rings. The molecule has 0 aliphatic carbocycles. The summed E-state index contributed by atoms with van der Waals surface area (Å²) in [4.78, 5) is 34.8. The van der Waals surface area contributed by atoms with Gasteiger partial charge in [-0.05, 0) is 31.2 Å². The number of amides is 2. The van der Waals surface area contributed by atoms with E-state index in [1.54, 1.807) is 6.92 Å². The summed E-state index contributed by atoms with van der Waals surface area (Å²) < 4.78 is 45.8. The largest absolute Gasteiger partial charge is 0.481 e. The number of fused-ring (bicyclic) bond motifs is 1. The fourth-order valence-electron chi connectivity index (χ4n) is 3.44. The lowest BCUT2D eigenvalue weighted by atomic mass is 10.1. The molecule has 0 bridgehead atoms. The van der Waals surface area contributed by atoms with Crippen molar-refractivity contribution in [3.8, 4) is 5.88 Å². The topological polar surface area (TPSA) is 128 Å². The average Bonchev–Trinajstić information content (AvgIpc) is 3.20. The minimum absolute atomic E-state index is 0.0239. The summed E-state index contributed by atoms with van der Waals surface area (Å²) in [5.41, 5.74) is 4.89. The molecule has 0 spiro atoms. The molecule has 1 aliphatic heterocycles. The van der Waals surface area contributed by atoms with E-state index in [4.69, 9.17) is 10.5 Å². The van der Waals surface area contributed by atoms with E-state index in [-0.39, 0.29) is 41.2 Å². The summed E-state index contributed by atoms with van der Waals surface area (Å²) in [6.07, 6.45) is -2.05. The second-order valence-corrected chi connectivity index (χ2v) is 7.27. The van der Waals surface area contributed by atoms with Crippen LogP contribution in [0, 0.1) is 0 Å². The van der Waals surface area contributed by atoms with Crippen molar-refractivity contribution in [2.75, 3.05) is 29.6 Å². The van der Waals surface area contributed by atoms with Crippen LogP contribution in [0.1, 0.15) is 39.4 Å². The van der Waals surface area contributed by atoms with Gasteiger partial charge in [-0.1, -0.05) is 0 Å². The Bertz CT molecular complexity index is 1220. The summed E-state index contributed by atoms with van der Waals surface area (Å²) in [6, 6.07) is 4.49. The first kappa shape index (κ1) is 22.0. The number of nitrogen functional groups attached to an aromatic ring is 1. The number of ether oxygens (including phenoxy) is 1. The lowest BCUT2D eigenvalue weighted by Gasteiger charge is -2.31. The fraction of sp³-hybridized carbons (Fsp3) is 0.250. The van der Waals surface area contributed by atoms with Crippen molar-refractivity contribution >= 4 is 29.1 Å². The lowest BCUT2D eigenvalue weighted by molar-refractivity contribution is -0.139. The molecule has 3 aromatic heterocycles. The van der Waals surface area contributed by atoms with Gasteiger partial charge in [0.15, 0.2) is 5.69 Å². The fourth-order valence-corrected chi connectivity index (χ4v) is 3.44. The van der Waals surface area contributed by atoms with E-state index >= 15 is 0 Å². The third-order valence-corrected chi connectivity index (χ3v) is 5.03. The van der Waals surface area contributed by atoms with Crippen LogP contribution in [-0.2, 0) is 6.18 Å². The summed E-state index contributed by atoms with van der Waals surface area (Å²) in [5, 5.41) is 6.80. The van der Waals surface area contributed by atoms with E-state index in [1.807, 2.05) is 0 Å². The maximum absolute atomic E-state index is 13.3. The van der Waals surface area contributed by atoms with Gasteiger partial charge in [-0.2, -0.15) is 23.3 Å². The van der Waals surface area contributed by atoms with Gasteiger partial charge in [0.05, 0.1) is 30.6 Å². The Morgan fingerprint density at radius 2 is 2.00 bits per heavy atom. The van der Waals surface area contributed by atoms with Crippen LogP contribution in [0.15, 0.2) is 36.7 Å². The monoisotopic (exact) mass is 461 g/mol. The molecule has 13 heteroatoms. The van der Waals surface area contributed by atoms with Crippen molar-refractivity contribution < 1.29 is 27.5 Å². The predicted molar refractivity (Wildman–Crippen MR) is 111 cm³/mol. The number of nitrogens with zero attached hydrogens (tertiary/aromatic N) is 5. The highest BCUT2D eigenvalue weighted by atomic mass is 19.4. The normalized spacial score (nSPS) is 15.8. The number of carbonyl (C=O) groups excluding carboxylic acids is 2. The van der Waals surface area contributed by atoms with Crippen LogP contribution in [-0.4, -0.2) is 45.2 Å². The highest BCUT2D eigenvalue weighted by Crippen LogP contribution is 2.37. The first-order valence-electron chi connectivity index (χ1n) is 9.64. The van der Waals surface area contributed by atoms with E-state index < -0.39 is 29.4 Å². The molecular weight excluding hydrogens is 443 g/mol. The van der Waals surface area contributed by atoms with Crippen molar-refractivity contribution in [1.29, 1.82) is 0 Å². The molecule has 0 saturated heterocycles. The number of nitrogens with one attached hydrogen (secondary N) is 1. The molecule has 0 fully saturated rings. The number of methoxy groups -OCH3 is 1. The third kappa shape index (κ3) is 4.04. The van der Waals surface area contributed by atoms with E-state index in [0.717, 1.165) is 19.2 Å². The van der Waals surface area contributed by atoms with E-state index in [2.05, 4.69) is 20.4 Å². The number of halogens is 3. The standard InChI is InChI=1S/C20H18F3N7O3/c1-10-9-29(15-6-4-12(20(21,22)23)18(28-15)33-2)19(32)16-13(8-26-30(10)16)27-17(31)11-3-5-14(24)25-7-11/h3-8,10H,9H2,1-2H3,(H2,24,25)(H,27,31). The summed E-state index contributed by atoms with van der Waals surface area (Å²) in [7, 11) is 1.07. The molecule has 3 aromatic rings. The third-order valence-electron chi connectivity index (χ3n) is 5.03. The lowest BCUT2D eigenvalue weighted by Crippen LogP contribution is -2.43. The number of anilines is 3. The van der Waals surface area contributed by atoms with Gasteiger partial charge in [0.1, 0.15) is 17.2 Å².